The number of tetrazole rings is 1. The number of aryl methyl sites for hydroxylation is 1. The molecular weight excluding hydrogens is 532 g/mol. The maximum Gasteiger partial charge on any atom is 0.293 e. The number of imidazole rings is 1. The molecule has 0 amide bonds. The Morgan fingerprint density at radius 3 is 2.73 bits per heavy atom. The summed E-state index contributed by atoms with van der Waals surface area (Å²) in [6.45, 7) is 0.126. The first-order valence-corrected chi connectivity index (χ1v) is 13.6. The van der Waals surface area contributed by atoms with Gasteiger partial charge in [0, 0.05) is 6.04 Å². The Kier molecular flexibility index (Phi) is 7.71. The highest BCUT2D eigenvalue weighted by Gasteiger charge is 2.49. The second kappa shape index (κ2) is 11.7. The van der Waals surface area contributed by atoms with Crippen LogP contribution in [0.25, 0.3) is 11.2 Å². The number of hydrogen-bond acceptors (Lipinski definition) is 13. The molecule has 0 spiro atoms. The summed E-state index contributed by atoms with van der Waals surface area (Å²) in [5.74, 6) is 0.977. The van der Waals surface area contributed by atoms with Gasteiger partial charge < -0.3 is 30.3 Å². The largest absolute Gasteiger partial charge is 0.457 e. The minimum absolute atomic E-state index is 0.138. The van der Waals surface area contributed by atoms with Gasteiger partial charge in [-0.05, 0) is 30.0 Å². The molecule has 4 aromatic rings. The quantitative estimate of drug-likeness (QED) is 0.188. The molecule has 2 aliphatic rings. The summed E-state index contributed by atoms with van der Waals surface area (Å²) in [6, 6.07) is 9.72. The fourth-order valence-corrected chi connectivity index (χ4v) is 5.48. The second-order valence-electron chi connectivity index (χ2n) is 10.3. The number of carbonyl (C=O) groups is 1. The van der Waals surface area contributed by atoms with E-state index in [4.69, 9.17) is 19.4 Å². The number of fused-ring (bicyclic) bond motifs is 1. The zero-order valence-electron chi connectivity index (χ0n) is 22.4. The van der Waals surface area contributed by atoms with Gasteiger partial charge in [0.05, 0.1) is 26.0 Å². The number of aliphatic hydroxyl groups excluding tert-OH is 2. The van der Waals surface area contributed by atoms with Gasteiger partial charge in [0.15, 0.2) is 35.4 Å². The van der Waals surface area contributed by atoms with Gasteiger partial charge in [-0.3, -0.25) is 9.36 Å². The van der Waals surface area contributed by atoms with Gasteiger partial charge in [-0.2, -0.15) is 14.8 Å². The van der Waals surface area contributed by atoms with Gasteiger partial charge in [0.1, 0.15) is 6.10 Å². The van der Waals surface area contributed by atoms with Crippen molar-refractivity contribution in [1.29, 1.82) is 0 Å². The number of nitrogens with one attached hydrogen (secondary N) is 2. The number of benzene rings is 1. The predicted molar refractivity (Wildman–Crippen MR) is 144 cm³/mol. The number of ether oxygens (including phenoxy) is 2. The fraction of sp³-hybridized carbons (Fsp3) is 0.500. The van der Waals surface area contributed by atoms with Crippen molar-refractivity contribution < 1.29 is 24.5 Å². The molecule has 4 heterocycles. The lowest BCUT2D eigenvalue weighted by atomic mass is 10.1. The van der Waals surface area contributed by atoms with Crippen molar-refractivity contribution in [2.75, 3.05) is 17.2 Å². The summed E-state index contributed by atoms with van der Waals surface area (Å²) in [5, 5.41) is 39.9. The molecule has 1 aliphatic carbocycles. The van der Waals surface area contributed by atoms with Crippen molar-refractivity contribution in [3.63, 3.8) is 0 Å². The van der Waals surface area contributed by atoms with Crippen LogP contribution in [-0.4, -0.2) is 87.3 Å². The van der Waals surface area contributed by atoms with Crippen LogP contribution in [0.3, 0.4) is 0 Å². The molecule has 6 rings (SSSR count). The average Bonchev–Trinajstić information content (AvgIpc) is 3.78. The van der Waals surface area contributed by atoms with E-state index in [1.807, 2.05) is 30.3 Å². The second-order valence-corrected chi connectivity index (χ2v) is 10.3. The van der Waals surface area contributed by atoms with E-state index >= 15 is 0 Å². The van der Waals surface area contributed by atoms with E-state index in [1.54, 1.807) is 11.6 Å². The van der Waals surface area contributed by atoms with Crippen LogP contribution >= 0.6 is 0 Å². The van der Waals surface area contributed by atoms with Crippen molar-refractivity contribution in [1.82, 2.24) is 39.7 Å². The number of nitrogens with zero attached hydrogens (tertiary/aromatic N) is 8. The summed E-state index contributed by atoms with van der Waals surface area (Å²) in [5.41, 5.74) is 1.94. The van der Waals surface area contributed by atoms with Gasteiger partial charge in [0.2, 0.25) is 11.8 Å². The first kappa shape index (κ1) is 27.0. The Bertz CT molecular complexity index is 1470. The van der Waals surface area contributed by atoms with Crippen LogP contribution < -0.4 is 10.6 Å². The molecule has 5 atom stereocenters. The molecule has 2 fully saturated rings. The maximum absolute atomic E-state index is 11.4. The van der Waals surface area contributed by atoms with Crippen molar-refractivity contribution in [3.05, 3.63) is 48.0 Å². The van der Waals surface area contributed by atoms with Crippen molar-refractivity contribution in [2.24, 2.45) is 7.05 Å². The van der Waals surface area contributed by atoms with Crippen LogP contribution in [0.1, 0.15) is 49.4 Å². The van der Waals surface area contributed by atoms with E-state index in [0.717, 1.165) is 31.2 Å². The molecule has 1 aliphatic heterocycles. The summed E-state index contributed by atoms with van der Waals surface area (Å²) in [4.78, 5) is 26.7. The van der Waals surface area contributed by atoms with E-state index in [2.05, 4.69) is 31.0 Å². The molecule has 216 valence electrons. The van der Waals surface area contributed by atoms with Gasteiger partial charge in [0.25, 0.3) is 6.47 Å². The van der Waals surface area contributed by atoms with E-state index in [1.165, 1.54) is 11.1 Å². The number of rotatable bonds is 11. The average molecular weight is 565 g/mol. The SMILES string of the molecule is Cn1nnc([C@H]2O[C@@H](n3cnc4c(NC5CCCC5)nc(N[C@H](CO)Cc5ccccc5)nc43)[C@H](OC=O)[C@@H]2O)n1. The predicted octanol–water partition coefficient (Wildman–Crippen LogP) is 0.892. The van der Waals surface area contributed by atoms with E-state index in [9.17, 15) is 15.0 Å². The number of hydrogen-bond donors (Lipinski definition) is 4. The van der Waals surface area contributed by atoms with Crippen LogP contribution in [-0.2, 0) is 27.7 Å². The number of anilines is 2. The van der Waals surface area contributed by atoms with Crippen LogP contribution in [0, 0.1) is 0 Å². The minimum Gasteiger partial charge on any atom is -0.457 e. The molecule has 0 radical (unpaired) electrons. The monoisotopic (exact) mass is 564 g/mol. The molecule has 0 unspecified atom stereocenters. The summed E-state index contributed by atoms with van der Waals surface area (Å²) < 4.78 is 13.0. The van der Waals surface area contributed by atoms with E-state index in [0.29, 0.717) is 23.4 Å². The first-order valence-electron chi connectivity index (χ1n) is 13.6. The lowest BCUT2D eigenvalue weighted by molar-refractivity contribution is -0.142. The highest BCUT2D eigenvalue weighted by Crippen LogP contribution is 2.40. The number of aliphatic hydroxyl groups is 2. The van der Waals surface area contributed by atoms with Crippen LogP contribution in [0.4, 0.5) is 11.8 Å². The topological polar surface area (TPSA) is 187 Å². The third-order valence-corrected chi connectivity index (χ3v) is 7.47. The molecular formula is C26H32N10O5. The maximum atomic E-state index is 11.4. The highest BCUT2D eigenvalue weighted by molar-refractivity contribution is 5.84. The molecule has 15 nitrogen and oxygen atoms in total. The van der Waals surface area contributed by atoms with Gasteiger partial charge in [-0.15, -0.1) is 10.2 Å². The minimum atomic E-state index is -1.27. The Balaban J connectivity index is 1.37. The van der Waals surface area contributed by atoms with Crippen molar-refractivity contribution in [3.8, 4) is 0 Å². The summed E-state index contributed by atoms with van der Waals surface area (Å²) in [6.07, 6.45) is 2.00. The normalized spacial score (nSPS) is 23.6. The zero-order valence-corrected chi connectivity index (χ0v) is 22.4. The molecule has 1 aromatic carbocycles. The van der Waals surface area contributed by atoms with Crippen LogP contribution in [0.5, 0.6) is 0 Å². The fourth-order valence-electron chi connectivity index (χ4n) is 5.48. The molecule has 15 heteroatoms. The molecule has 3 aromatic heterocycles. The van der Waals surface area contributed by atoms with Gasteiger partial charge in [-0.1, -0.05) is 43.2 Å². The Labute approximate surface area is 234 Å². The molecule has 41 heavy (non-hydrogen) atoms. The summed E-state index contributed by atoms with van der Waals surface area (Å²) >= 11 is 0. The van der Waals surface area contributed by atoms with E-state index < -0.39 is 24.5 Å². The number of carbonyl (C=O) groups excluding carboxylic acids is 1. The smallest absolute Gasteiger partial charge is 0.293 e. The molecule has 0 bridgehead atoms. The van der Waals surface area contributed by atoms with Crippen molar-refractivity contribution >= 4 is 29.4 Å². The van der Waals surface area contributed by atoms with Gasteiger partial charge >= 0.3 is 0 Å². The molecule has 1 saturated carbocycles. The third-order valence-electron chi connectivity index (χ3n) is 7.47. The lowest BCUT2D eigenvalue weighted by Gasteiger charge is -2.21. The first-order chi connectivity index (χ1) is 20.0. The Morgan fingerprint density at radius 2 is 2.02 bits per heavy atom. The standard InChI is InChI=1S/C26H32N10O5/c1-35-33-23(32-34-35)20-19(39)21(40-14-38)25(41-20)36-13-27-18-22(28-16-9-5-6-10-16)30-26(31-24(18)36)29-17(12-37)11-15-7-3-2-4-8-15/h2-4,7-8,13-14,16-17,19-21,25,37,39H,5-6,9-12H2,1H3,(H2,28,29,30,31)/t17-,19+,20-,21+,25+/m0/s1. The Hall–Kier alpha value is -4.21. The van der Waals surface area contributed by atoms with Gasteiger partial charge in [-0.25, -0.2) is 4.98 Å². The van der Waals surface area contributed by atoms with Crippen molar-refractivity contribution in [2.45, 2.75) is 68.7 Å². The highest BCUT2D eigenvalue weighted by atomic mass is 16.6. The zero-order chi connectivity index (χ0) is 28.3. The lowest BCUT2D eigenvalue weighted by Crippen LogP contribution is -2.32. The molecule has 1 saturated heterocycles. The van der Waals surface area contributed by atoms with E-state index in [-0.39, 0.29) is 36.9 Å². The number of aromatic nitrogens is 8. The van der Waals surface area contributed by atoms with Crippen LogP contribution in [0.2, 0.25) is 0 Å². The Morgan fingerprint density at radius 1 is 1.22 bits per heavy atom. The third kappa shape index (κ3) is 5.55. The summed E-state index contributed by atoms with van der Waals surface area (Å²) in [7, 11) is 1.60. The molecule has 4 N–H and O–H groups in total. The van der Waals surface area contributed by atoms with Crippen LogP contribution in [0.15, 0.2) is 36.7 Å².